The summed E-state index contributed by atoms with van der Waals surface area (Å²) in [7, 11) is 0. The first-order valence-corrected chi connectivity index (χ1v) is 16.1. The Morgan fingerprint density at radius 2 is 1.83 bits per heavy atom. The van der Waals surface area contributed by atoms with Crippen LogP contribution in [0.4, 0.5) is 23.8 Å². The fraction of sp³-hybridized carbons (Fsp3) is 0.406. The number of nitrogens with one attached hydrogen (secondary N) is 3. The zero-order chi connectivity index (χ0) is 33.8. The molecule has 258 valence electrons. The van der Waals surface area contributed by atoms with Gasteiger partial charge in [-0.05, 0) is 37.1 Å². The number of carbonyl (C=O) groups excluding carboxylic acids is 2. The lowest BCUT2D eigenvalue weighted by atomic mass is 9.99. The van der Waals surface area contributed by atoms with Crippen molar-refractivity contribution in [3.05, 3.63) is 63.5 Å². The summed E-state index contributed by atoms with van der Waals surface area (Å²) in [5.74, 6) is -0.0761. The summed E-state index contributed by atoms with van der Waals surface area (Å²) in [6.45, 7) is 6.59. The minimum Gasteiger partial charge on any atom is -0.379 e. The summed E-state index contributed by atoms with van der Waals surface area (Å²) in [4.78, 5) is 49.9. The molecule has 1 aromatic carbocycles. The van der Waals surface area contributed by atoms with Crippen molar-refractivity contribution in [2.24, 2.45) is 0 Å². The molecule has 3 amide bonds. The molecule has 4 heterocycles. The van der Waals surface area contributed by atoms with Gasteiger partial charge < -0.3 is 19.9 Å². The van der Waals surface area contributed by atoms with Crippen molar-refractivity contribution in [1.82, 2.24) is 30.1 Å². The summed E-state index contributed by atoms with van der Waals surface area (Å²) in [5.41, 5.74) is 2.88. The number of urea groups is 1. The van der Waals surface area contributed by atoms with Gasteiger partial charge in [0.05, 0.1) is 24.4 Å². The number of amides is 3. The lowest BCUT2D eigenvalue weighted by molar-refractivity contribution is 0.0383. The van der Waals surface area contributed by atoms with Gasteiger partial charge >= 0.3 is 6.03 Å². The maximum Gasteiger partial charge on any atom is 0.320 e. The number of alkyl halides is 3. The summed E-state index contributed by atoms with van der Waals surface area (Å²) >= 11 is 1.30. The monoisotopic (exact) mass is 679 g/mol. The number of aromatic nitrogens is 3. The maximum atomic E-state index is 13.6. The summed E-state index contributed by atoms with van der Waals surface area (Å²) in [6.07, 6.45) is 4.06. The average Bonchev–Trinajstić information content (AvgIpc) is 3.56. The molecule has 1 fully saturated rings. The number of fused-ring (bicyclic) bond motifs is 1. The van der Waals surface area contributed by atoms with Gasteiger partial charge in [0, 0.05) is 77.8 Å². The van der Waals surface area contributed by atoms with Crippen molar-refractivity contribution in [1.29, 1.82) is 0 Å². The number of rotatable bonds is 11. The number of hydrogen-bond acceptors (Lipinski definition) is 8. The van der Waals surface area contributed by atoms with E-state index in [0.717, 1.165) is 25.1 Å². The van der Waals surface area contributed by atoms with Crippen LogP contribution in [0.1, 0.15) is 40.6 Å². The molecule has 0 saturated carbocycles. The van der Waals surface area contributed by atoms with Gasteiger partial charge in [-0.25, -0.2) is 27.9 Å². The van der Waals surface area contributed by atoms with E-state index in [1.165, 1.54) is 11.3 Å². The number of hydrogen-bond donors (Lipinski definition) is 3. The van der Waals surface area contributed by atoms with Gasteiger partial charge in [-0.15, -0.1) is 11.3 Å². The van der Waals surface area contributed by atoms with Crippen LogP contribution in [0.25, 0.3) is 32.6 Å². The lowest BCUT2D eigenvalue weighted by Crippen LogP contribution is -2.42. The second-order valence-corrected chi connectivity index (χ2v) is 11.3. The van der Waals surface area contributed by atoms with E-state index in [-0.39, 0.29) is 15.3 Å². The lowest BCUT2D eigenvalue weighted by Gasteiger charge is -2.26. The Hall–Kier alpha value is -4.34. The highest BCUT2D eigenvalue weighted by molar-refractivity contribution is 7.13. The van der Waals surface area contributed by atoms with Crippen molar-refractivity contribution in [2.45, 2.75) is 33.5 Å². The van der Waals surface area contributed by atoms with Crippen molar-refractivity contribution in [3.63, 3.8) is 0 Å². The number of carbonyl (C=O) groups is 2. The van der Waals surface area contributed by atoms with Crippen LogP contribution in [0.3, 0.4) is 0 Å². The minimum absolute atomic E-state index is 0. The fourth-order valence-electron chi connectivity index (χ4n) is 5.14. The van der Waals surface area contributed by atoms with Gasteiger partial charge in [-0.2, -0.15) is 0 Å². The van der Waals surface area contributed by atoms with Crippen LogP contribution in [0.2, 0.25) is 0 Å². The molecule has 0 radical (unpaired) electrons. The SMILES string of the molecule is CCCn1cc(C(=O)NCCN2CCOCC2)c(=O)c2ccc(-c3cnc(NC(=O)NCC)cc3-c3nc(CF)cs3)cc21.FCF.[HH].[HH].[HH]. The Morgan fingerprint density at radius 1 is 1.06 bits per heavy atom. The van der Waals surface area contributed by atoms with Crippen molar-refractivity contribution in [2.75, 3.05) is 58.2 Å². The van der Waals surface area contributed by atoms with E-state index in [4.69, 9.17) is 4.74 Å². The second kappa shape index (κ2) is 17.5. The molecule has 1 saturated heterocycles. The van der Waals surface area contributed by atoms with Gasteiger partial charge in [0.25, 0.3) is 5.91 Å². The van der Waals surface area contributed by atoms with E-state index in [0.29, 0.717) is 77.9 Å². The van der Waals surface area contributed by atoms with Gasteiger partial charge in [-0.3, -0.25) is 19.8 Å². The molecule has 47 heavy (non-hydrogen) atoms. The van der Waals surface area contributed by atoms with E-state index in [2.05, 4.69) is 30.8 Å². The molecule has 0 unspecified atom stereocenters. The minimum atomic E-state index is -1.75. The predicted molar refractivity (Wildman–Crippen MR) is 183 cm³/mol. The topological polar surface area (TPSA) is 130 Å². The molecule has 1 aliphatic heterocycles. The summed E-state index contributed by atoms with van der Waals surface area (Å²) in [5, 5.41) is 11.0. The highest BCUT2D eigenvalue weighted by Crippen LogP contribution is 2.36. The number of pyridine rings is 2. The largest absolute Gasteiger partial charge is 0.379 e. The van der Waals surface area contributed by atoms with E-state index < -0.39 is 25.5 Å². The number of morpholine rings is 1. The molecule has 3 N–H and O–H groups in total. The van der Waals surface area contributed by atoms with Crippen LogP contribution in [-0.2, 0) is 18.0 Å². The number of ether oxygens (including phenoxy) is 1. The highest BCUT2D eigenvalue weighted by Gasteiger charge is 2.19. The average molecular weight is 680 g/mol. The molecule has 11 nitrogen and oxygen atoms in total. The van der Waals surface area contributed by atoms with E-state index in [1.807, 2.05) is 24.5 Å². The molecule has 3 aromatic heterocycles. The van der Waals surface area contributed by atoms with E-state index in [9.17, 15) is 27.6 Å². The highest BCUT2D eigenvalue weighted by atomic mass is 32.1. The van der Waals surface area contributed by atoms with Crippen LogP contribution in [0.5, 0.6) is 0 Å². The molecule has 1 aliphatic rings. The van der Waals surface area contributed by atoms with Gasteiger partial charge in [0.1, 0.15) is 23.1 Å². The molecule has 15 heteroatoms. The fourth-order valence-corrected chi connectivity index (χ4v) is 5.97. The molecule has 5 rings (SSSR count). The molecule has 0 bridgehead atoms. The third-order valence-corrected chi connectivity index (χ3v) is 8.25. The normalized spacial score (nSPS) is 13.1. The van der Waals surface area contributed by atoms with Gasteiger partial charge in [0.2, 0.25) is 12.4 Å². The number of aryl methyl sites for hydroxylation is 1. The maximum absolute atomic E-state index is 13.6. The molecular weight excluding hydrogens is 635 g/mol. The summed E-state index contributed by atoms with van der Waals surface area (Å²) in [6, 6.07) is 6.74. The number of benzene rings is 1. The van der Waals surface area contributed by atoms with Gasteiger partial charge in [0.15, 0.2) is 0 Å². The van der Waals surface area contributed by atoms with Crippen LogP contribution < -0.4 is 21.4 Å². The molecule has 0 aliphatic carbocycles. The predicted octanol–water partition coefficient (Wildman–Crippen LogP) is 5.89. The van der Waals surface area contributed by atoms with Crippen molar-refractivity contribution < 1.29 is 31.8 Å². The Kier molecular flexibility index (Phi) is 13.3. The first-order chi connectivity index (χ1) is 22.8. The van der Waals surface area contributed by atoms with Crippen LogP contribution >= 0.6 is 11.3 Å². The number of nitrogens with zero attached hydrogens (tertiary/aromatic N) is 4. The van der Waals surface area contributed by atoms with Crippen LogP contribution in [-0.4, -0.2) is 84.2 Å². The Bertz CT molecular complexity index is 1740. The Labute approximate surface area is 278 Å². The molecule has 0 spiro atoms. The smallest absolute Gasteiger partial charge is 0.320 e. The van der Waals surface area contributed by atoms with Gasteiger partial charge in [-0.1, -0.05) is 13.0 Å². The second-order valence-electron chi connectivity index (χ2n) is 10.5. The van der Waals surface area contributed by atoms with Crippen molar-refractivity contribution in [3.8, 4) is 21.7 Å². The zero-order valence-corrected chi connectivity index (χ0v) is 27.1. The molecule has 4 aromatic rings. The Balaban J connectivity index is 0.00000201. The number of halogens is 3. The third kappa shape index (κ3) is 9.14. The van der Waals surface area contributed by atoms with Crippen molar-refractivity contribution >= 4 is 40.0 Å². The van der Waals surface area contributed by atoms with E-state index >= 15 is 0 Å². The zero-order valence-electron chi connectivity index (χ0n) is 26.3. The quantitative estimate of drug-likeness (QED) is 0.180. The standard InChI is InChI=1S/C31H36FN7O4S.CH2F2.3H2/c1-3-8-39-18-25(29(41)34-7-9-38-10-12-43-13-11-38)28(40)22-6-5-20(14-26(22)39)24-17-35-27(37-31(42)33-4-2)15-23(24)30-36-21(16-32)19-44-30;2-1-3;;;/h5-6,14-15,17-19H,3-4,7-13,16H2,1-2H3,(H,34,41)(H2,33,35,37,42);1H2;3*1H. The van der Waals surface area contributed by atoms with E-state index in [1.54, 1.807) is 36.0 Å². The first-order valence-electron chi connectivity index (χ1n) is 15.3. The molecule has 0 atom stereocenters. The Morgan fingerprint density at radius 3 is 2.51 bits per heavy atom. The third-order valence-electron chi connectivity index (χ3n) is 7.32. The summed E-state index contributed by atoms with van der Waals surface area (Å²) < 4.78 is 39.9. The number of anilines is 1. The molecular formula is C32H44F3N7O4S. The number of thiazole rings is 1. The van der Waals surface area contributed by atoms with Crippen LogP contribution in [0, 0.1) is 0 Å². The first kappa shape index (κ1) is 35.5. The van der Waals surface area contributed by atoms with Crippen LogP contribution in [0.15, 0.2) is 46.8 Å².